The number of hydrogen-bond acceptors (Lipinski definition) is 5. The van der Waals surface area contributed by atoms with Gasteiger partial charge in [-0.05, 0) is 64.0 Å². The molecule has 0 aliphatic rings. The third-order valence-electron chi connectivity index (χ3n) is 4.43. The highest BCUT2D eigenvalue weighted by Crippen LogP contribution is 2.37. The number of rotatable bonds is 9. The number of ether oxygens (including phenoxy) is 2. The van der Waals surface area contributed by atoms with Crippen LogP contribution in [0.4, 0.5) is 10.1 Å². The Bertz CT molecular complexity index is 1210. The Morgan fingerprint density at radius 3 is 2.56 bits per heavy atom. The van der Waals surface area contributed by atoms with Gasteiger partial charge in [-0.3, -0.25) is 9.59 Å². The lowest BCUT2D eigenvalue weighted by Gasteiger charge is -2.14. The molecule has 10 heteroatoms. The summed E-state index contributed by atoms with van der Waals surface area (Å²) in [5.74, 6) is -0.646. The number of methoxy groups -OCH3 is 1. The molecule has 34 heavy (non-hydrogen) atoms. The minimum Gasteiger partial charge on any atom is -0.493 e. The quantitative estimate of drug-likeness (QED) is 0.216. The van der Waals surface area contributed by atoms with Crippen LogP contribution in [0.2, 0.25) is 5.02 Å². The summed E-state index contributed by atoms with van der Waals surface area (Å²) in [7, 11) is 1.51. The minimum atomic E-state index is -0.610. The SMILES string of the molecule is COc1cc(C=NNC(=O)CC(=O)Nc2ccc(F)cc2)cc(Br)c1OCc1ccccc1Cl. The lowest BCUT2D eigenvalue weighted by atomic mass is 10.2. The molecule has 0 bridgehead atoms. The summed E-state index contributed by atoms with van der Waals surface area (Å²) in [4.78, 5) is 23.9. The molecule has 0 saturated carbocycles. The highest BCUT2D eigenvalue weighted by atomic mass is 79.9. The van der Waals surface area contributed by atoms with Crippen LogP contribution in [0.5, 0.6) is 11.5 Å². The van der Waals surface area contributed by atoms with Gasteiger partial charge in [-0.25, -0.2) is 9.82 Å². The van der Waals surface area contributed by atoms with Crippen LogP contribution in [0.1, 0.15) is 17.5 Å². The first-order valence-electron chi connectivity index (χ1n) is 9.96. The summed E-state index contributed by atoms with van der Waals surface area (Å²) in [6, 6.07) is 16.0. The first-order valence-corrected chi connectivity index (χ1v) is 11.1. The standard InChI is InChI=1S/C24H20BrClFN3O4/c1-33-21-11-15(10-19(25)24(21)34-14-16-4-2-3-5-20(16)26)13-28-30-23(32)12-22(31)29-18-8-6-17(27)7-9-18/h2-11,13H,12,14H2,1H3,(H,29,31)(H,30,32). The van der Waals surface area contributed by atoms with Crippen LogP contribution in [0.25, 0.3) is 0 Å². The molecule has 0 spiro atoms. The Morgan fingerprint density at radius 1 is 1.12 bits per heavy atom. The maximum Gasteiger partial charge on any atom is 0.249 e. The summed E-state index contributed by atoms with van der Waals surface area (Å²) in [6.07, 6.45) is 0.956. The number of hydrazone groups is 1. The van der Waals surface area contributed by atoms with E-state index in [1.54, 1.807) is 18.2 Å². The molecule has 2 N–H and O–H groups in total. The number of nitrogens with one attached hydrogen (secondary N) is 2. The summed E-state index contributed by atoms with van der Waals surface area (Å²) in [5.41, 5.74) is 4.12. The van der Waals surface area contributed by atoms with E-state index in [2.05, 4.69) is 31.8 Å². The molecule has 176 valence electrons. The van der Waals surface area contributed by atoms with E-state index in [4.69, 9.17) is 21.1 Å². The molecule has 0 radical (unpaired) electrons. The Balaban J connectivity index is 1.57. The van der Waals surface area contributed by atoms with Gasteiger partial charge in [0.15, 0.2) is 11.5 Å². The zero-order valence-electron chi connectivity index (χ0n) is 18.0. The van der Waals surface area contributed by atoms with Crippen molar-refractivity contribution in [3.8, 4) is 11.5 Å². The van der Waals surface area contributed by atoms with Crippen molar-refractivity contribution >= 4 is 51.2 Å². The van der Waals surface area contributed by atoms with E-state index in [0.29, 0.717) is 32.2 Å². The zero-order valence-corrected chi connectivity index (χ0v) is 20.3. The normalized spacial score (nSPS) is 10.7. The average molecular weight is 549 g/mol. The predicted molar refractivity (Wildman–Crippen MR) is 132 cm³/mol. The van der Waals surface area contributed by atoms with Crippen molar-refractivity contribution < 1.29 is 23.5 Å². The molecule has 0 saturated heterocycles. The summed E-state index contributed by atoms with van der Waals surface area (Å²) >= 11 is 9.63. The number of carbonyl (C=O) groups excluding carboxylic acids is 2. The van der Waals surface area contributed by atoms with Crippen molar-refractivity contribution in [1.29, 1.82) is 0 Å². The third kappa shape index (κ3) is 7.29. The molecule has 0 aliphatic carbocycles. The third-order valence-corrected chi connectivity index (χ3v) is 5.39. The molecule has 0 heterocycles. The monoisotopic (exact) mass is 547 g/mol. The second kappa shape index (κ2) is 12.2. The Kier molecular flexibility index (Phi) is 9.00. The van der Waals surface area contributed by atoms with E-state index >= 15 is 0 Å². The number of benzene rings is 3. The van der Waals surface area contributed by atoms with Gasteiger partial charge in [-0.1, -0.05) is 29.8 Å². The first-order chi connectivity index (χ1) is 16.4. The molecule has 2 amide bonds. The van der Waals surface area contributed by atoms with E-state index in [1.165, 1.54) is 37.6 Å². The van der Waals surface area contributed by atoms with Crippen molar-refractivity contribution in [2.45, 2.75) is 13.0 Å². The lowest BCUT2D eigenvalue weighted by Crippen LogP contribution is -2.24. The second-order valence-electron chi connectivity index (χ2n) is 6.94. The van der Waals surface area contributed by atoms with Gasteiger partial charge in [0, 0.05) is 16.3 Å². The molecule has 3 aromatic carbocycles. The van der Waals surface area contributed by atoms with E-state index in [-0.39, 0.29) is 6.61 Å². The molecule has 0 aromatic heterocycles. The number of halogens is 3. The fraction of sp³-hybridized carbons (Fsp3) is 0.125. The topological polar surface area (TPSA) is 89.0 Å². The fourth-order valence-corrected chi connectivity index (χ4v) is 3.59. The van der Waals surface area contributed by atoms with Gasteiger partial charge in [0.05, 0.1) is 17.8 Å². The van der Waals surface area contributed by atoms with Crippen LogP contribution >= 0.6 is 27.5 Å². The van der Waals surface area contributed by atoms with Crippen LogP contribution in [-0.2, 0) is 16.2 Å². The van der Waals surface area contributed by atoms with Gasteiger partial charge in [0.2, 0.25) is 11.8 Å². The maximum atomic E-state index is 12.9. The lowest BCUT2D eigenvalue weighted by molar-refractivity contribution is -0.126. The van der Waals surface area contributed by atoms with Gasteiger partial charge in [-0.2, -0.15) is 5.10 Å². The maximum absolute atomic E-state index is 12.9. The van der Waals surface area contributed by atoms with Crippen LogP contribution in [0.15, 0.2) is 70.2 Å². The number of hydrogen-bond donors (Lipinski definition) is 2. The molecule has 0 atom stereocenters. The minimum absolute atomic E-state index is 0.248. The van der Waals surface area contributed by atoms with Crippen LogP contribution in [-0.4, -0.2) is 25.1 Å². The first kappa shape index (κ1) is 25.2. The van der Waals surface area contributed by atoms with Crippen molar-refractivity contribution in [2.75, 3.05) is 12.4 Å². The van der Waals surface area contributed by atoms with Gasteiger partial charge in [-0.15, -0.1) is 0 Å². The average Bonchev–Trinajstić information content (AvgIpc) is 2.80. The van der Waals surface area contributed by atoms with Crippen molar-refractivity contribution in [3.63, 3.8) is 0 Å². The summed E-state index contributed by atoms with van der Waals surface area (Å²) in [5, 5.41) is 6.98. The van der Waals surface area contributed by atoms with Gasteiger partial charge < -0.3 is 14.8 Å². The van der Waals surface area contributed by atoms with Crippen molar-refractivity contribution in [2.24, 2.45) is 5.10 Å². The molecule has 7 nitrogen and oxygen atoms in total. The number of carbonyl (C=O) groups is 2. The number of amides is 2. The van der Waals surface area contributed by atoms with Crippen LogP contribution in [0.3, 0.4) is 0 Å². The molecular formula is C24H20BrClFN3O4. The van der Waals surface area contributed by atoms with E-state index < -0.39 is 24.1 Å². The van der Waals surface area contributed by atoms with Crippen molar-refractivity contribution in [3.05, 3.63) is 87.1 Å². The zero-order chi connectivity index (χ0) is 24.5. The Morgan fingerprint density at radius 2 is 1.85 bits per heavy atom. The number of anilines is 1. The molecule has 3 aromatic rings. The largest absolute Gasteiger partial charge is 0.493 e. The van der Waals surface area contributed by atoms with E-state index in [1.807, 2.05) is 18.2 Å². The summed E-state index contributed by atoms with van der Waals surface area (Å²) < 4.78 is 24.8. The summed E-state index contributed by atoms with van der Waals surface area (Å²) in [6.45, 7) is 0.248. The predicted octanol–water partition coefficient (Wildman–Crippen LogP) is 5.31. The molecular weight excluding hydrogens is 529 g/mol. The highest BCUT2D eigenvalue weighted by Gasteiger charge is 2.13. The van der Waals surface area contributed by atoms with Gasteiger partial charge >= 0.3 is 0 Å². The van der Waals surface area contributed by atoms with Gasteiger partial charge in [0.25, 0.3) is 0 Å². The smallest absolute Gasteiger partial charge is 0.249 e. The Labute approximate surface area is 209 Å². The molecule has 0 unspecified atom stereocenters. The van der Waals surface area contributed by atoms with E-state index in [9.17, 15) is 14.0 Å². The van der Waals surface area contributed by atoms with Crippen molar-refractivity contribution in [1.82, 2.24) is 5.43 Å². The highest BCUT2D eigenvalue weighted by molar-refractivity contribution is 9.10. The van der Waals surface area contributed by atoms with E-state index in [0.717, 1.165) is 5.56 Å². The Hall–Kier alpha value is -3.43. The van der Waals surface area contributed by atoms with Gasteiger partial charge in [0.1, 0.15) is 18.8 Å². The van der Waals surface area contributed by atoms with Crippen LogP contribution < -0.4 is 20.2 Å². The molecule has 3 rings (SSSR count). The number of nitrogens with zero attached hydrogens (tertiary/aromatic N) is 1. The molecule has 0 aliphatic heterocycles. The second-order valence-corrected chi connectivity index (χ2v) is 8.20. The molecule has 0 fully saturated rings. The fourth-order valence-electron chi connectivity index (χ4n) is 2.82. The van der Waals surface area contributed by atoms with Crippen LogP contribution in [0, 0.1) is 5.82 Å².